The average Bonchev–Trinajstić information content (AvgIpc) is 2.43. The number of rotatable bonds is 5. The molecule has 0 unspecified atom stereocenters. The topological polar surface area (TPSA) is 71.1 Å². The molecule has 0 bridgehead atoms. The molecule has 21 heavy (non-hydrogen) atoms. The van der Waals surface area contributed by atoms with E-state index >= 15 is 0 Å². The molecule has 0 saturated heterocycles. The van der Waals surface area contributed by atoms with Gasteiger partial charge in [0.25, 0.3) is 10.0 Å². The second-order valence-electron chi connectivity index (χ2n) is 4.11. The largest absolute Gasteiger partial charge is 0.369 e. The summed E-state index contributed by atoms with van der Waals surface area (Å²) < 4.78 is 40.4. The molecule has 0 atom stereocenters. The number of nitrogens with zero attached hydrogens (tertiary/aromatic N) is 1. The zero-order valence-electron chi connectivity index (χ0n) is 11.1. The summed E-state index contributed by atoms with van der Waals surface area (Å²) in [6.07, 6.45) is 1.49. The van der Waals surface area contributed by atoms with Gasteiger partial charge in [0.15, 0.2) is 0 Å². The zero-order chi connectivity index (χ0) is 15.5. The molecule has 2 rings (SSSR count). The molecule has 112 valence electrons. The van der Waals surface area contributed by atoms with Crippen molar-refractivity contribution in [3.63, 3.8) is 0 Å². The van der Waals surface area contributed by atoms with E-state index in [1.165, 1.54) is 30.5 Å². The van der Waals surface area contributed by atoms with E-state index < -0.39 is 15.8 Å². The van der Waals surface area contributed by atoms with Gasteiger partial charge in [-0.2, -0.15) is 0 Å². The Bertz CT molecular complexity index is 753. The van der Waals surface area contributed by atoms with Crippen LogP contribution >= 0.6 is 11.6 Å². The fraction of sp³-hybridized carbons (Fsp3) is 0.154. The fourth-order valence-electron chi connectivity index (χ4n) is 1.68. The second kappa shape index (κ2) is 6.28. The molecule has 0 aliphatic rings. The lowest BCUT2D eigenvalue weighted by atomic mass is 10.3. The molecule has 0 spiro atoms. The lowest BCUT2D eigenvalue weighted by Gasteiger charge is -2.12. The molecule has 2 N–H and O–H groups in total. The van der Waals surface area contributed by atoms with E-state index in [1.807, 2.05) is 6.92 Å². The van der Waals surface area contributed by atoms with Crippen molar-refractivity contribution in [3.05, 3.63) is 47.4 Å². The SMILES string of the molecule is CCNc1ncccc1S(=O)(=O)Nc1ccc(Cl)c(F)c1. The number of benzene rings is 1. The summed E-state index contributed by atoms with van der Waals surface area (Å²) in [5, 5.41) is 2.79. The summed E-state index contributed by atoms with van der Waals surface area (Å²) in [5.74, 6) is -0.461. The van der Waals surface area contributed by atoms with E-state index in [1.54, 1.807) is 0 Å². The van der Waals surface area contributed by atoms with Gasteiger partial charge in [0.05, 0.1) is 10.7 Å². The molecular formula is C13H13ClFN3O2S. The van der Waals surface area contributed by atoms with E-state index in [2.05, 4.69) is 15.0 Å². The minimum atomic E-state index is -3.88. The number of aromatic nitrogens is 1. The van der Waals surface area contributed by atoms with Crippen molar-refractivity contribution in [1.82, 2.24) is 4.98 Å². The third-order valence-electron chi connectivity index (χ3n) is 2.58. The van der Waals surface area contributed by atoms with Gasteiger partial charge in [-0.05, 0) is 37.3 Å². The van der Waals surface area contributed by atoms with E-state index in [0.717, 1.165) is 6.07 Å². The first-order valence-electron chi connectivity index (χ1n) is 6.11. The molecule has 5 nitrogen and oxygen atoms in total. The molecule has 0 aliphatic carbocycles. The van der Waals surface area contributed by atoms with E-state index in [-0.39, 0.29) is 21.4 Å². The number of hydrogen-bond acceptors (Lipinski definition) is 4. The highest BCUT2D eigenvalue weighted by Crippen LogP contribution is 2.24. The molecule has 0 saturated carbocycles. The number of hydrogen-bond donors (Lipinski definition) is 2. The van der Waals surface area contributed by atoms with Crippen LogP contribution in [0.25, 0.3) is 0 Å². The minimum Gasteiger partial charge on any atom is -0.369 e. The highest BCUT2D eigenvalue weighted by molar-refractivity contribution is 7.92. The quantitative estimate of drug-likeness (QED) is 0.884. The Hall–Kier alpha value is -1.86. The predicted molar refractivity (Wildman–Crippen MR) is 80.6 cm³/mol. The predicted octanol–water partition coefficient (Wildman–Crippen LogP) is 3.11. The monoisotopic (exact) mass is 329 g/mol. The van der Waals surface area contributed by atoms with Crippen molar-refractivity contribution < 1.29 is 12.8 Å². The number of pyridine rings is 1. The molecule has 1 aromatic heterocycles. The molecule has 1 aromatic carbocycles. The maximum Gasteiger partial charge on any atom is 0.265 e. The van der Waals surface area contributed by atoms with Crippen molar-refractivity contribution in [3.8, 4) is 0 Å². The fourth-order valence-corrected chi connectivity index (χ4v) is 2.98. The van der Waals surface area contributed by atoms with Crippen molar-refractivity contribution in [2.75, 3.05) is 16.6 Å². The summed E-state index contributed by atoms with van der Waals surface area (Å²) in [6, 6.07) is 6.61. The summed E-state index contributed by atoms with van der Waals surface area (Å²) in [7, 11) is -3.88. The minimum absolute atomic E-state index is 0.0118. The first-order valence-corrected chi connectivity index (χ1v) is 7.97. The molecule has 1 heterocycles. The van der Waals surface area contributed by atoms with Gasteiger partial charge < -0.3 is 5.32 Å². The van der Waals surface area contributed by atoms with Crippen molar-refractivity contribution in [2.45, 2.75) is 11.8 Å². The Morgan fingerprint density at radius 3 is 2.76 bits per heavy atom. The standard InChI is InChI=1S/C13H13ClFN3O2S/c1-2-16-13-12(4-3-7-17-13)21(19,20)18-9-5-6-10(14)11(15)8-9/h3-8,18H,2H2,1H3,(H,16,17). The Kier molecular flexibility index (Phi) is 4.64. The Balaban J connectivity index is 2.36. The number of anilines is 2. The van der Waals surface area contributed by atoms with Crippen LogP contribution in [0.15, 0.2) is 41.4 Å². The van der Waals surface area contributed by atoms with E-state index in [9.17, 15) is 12.8 Å². The van der Waals surface area contributed by atoms with Gasteiger partial charge >= 0.3 is 0 Å². The van der Waals surface area contributed by atoms with E-state index in [4.69, 9.17) is 11.6 Å². The smallest absolute Gasteiger partial charge is 0.265 e. The summed E-state index contributed by atoms with van der Waals surface area (Å²) in [6.45, 7) is 2.35. The van der Waals surface area contributed by atoms with Crippen LogP contribution in [0, 0.1) is 5.82 Å². The molecule has 0 amide bonds. The van der Waals surface area contributed by atoms with E-state index in [0.29, 0.717) is 6.54 Å². The van der Waals surface area contributed by atoms with Crippen molar-refractivity contribution in [1.29, 1.82) is 0 Å². The van der Waals surface area contributed by atoms with Gasteiger partial charge in [-0.1, -0.05) is 11.6 Å². The highest BCUT2D eigenvalue weighted by atomic mass is 35.5. The van der Waals surface area contributed by atoms with Crippen LogP contribution in [-0.4, -0.2) is 19.9 Å². The summed E-state index contributed by atoms with van der Waals surface area (Å²) in [5.41, 5.74) is 0.0863. The van der Waals surface area contributed by atoms with Gasteiger partial charge in [0.1, 0.15) is 16.5 Å². The van der Waals surface area contributed by atoms with Crippen LogP contribution in [0.5, 0.6) is 0 Å². The van der Waals surface area contributed by atoms with Crippen LogP contribution in [0.1, 0.15) is 6.92 Å². The molecule has 8 heteroatoms. The molecular weight excluding hydrogens is 317 g/mol. The average molecular weight is 330 g/mol. The summed E-state index contributed by atoms with van der Waals surface area (Å²) in [4.78, 5) is 3.97. The molecule has 0 fully saturated rings. The van der Waals surface area contributed by atoms with Gasteiger partial charge in [-0.25, -0.2) is 17.8 Å². The van der Waals surface area contributed by atoms with Gasteiger partial charge in [0, 0.05) is 12.7 Å². The van der Waals surface area contributed by atoms with Crippen molar-refractivity contribution >= 4 is 33.1 Å². The molecule has 0 radical (unpaired) electrons. The first kappa shape index (κ1) is 15.5. The lowest BCUT2D eigenvalue weighted by Crippen LogP contribution is -2.16. The van der Waals surface area contributed by atoms with Crippen LogP contribution in [0.2, 0.25) is 5.02 Å². The maximum absolute atomic E-state index is 13.4. The third-order valence-corrected chi connectivity index (χ3v) is 4.30. The summed E-state index contributed by atoms with van der Waals surface area (Å²) >= 11 is 5.56. The van der Waals surface area contributed by atoms with Crippen LogP contribution < -0.4 is 10.0 Å². The Labute approximate surface area is 127 Å². The Morgan fingerprint density at radius 2 is 2.10 bits per heavy atom. The van der Waals surface area contributed by atoms with Gasteiger partial charge in [-0.3, -0.25) is 4.72 Å². The Morgan fingerprint density at radius 1 is 1.33 bits per heavy atom. The lowest BCUT2D eigenvalue weighted by molar-refractivity contribution is 0.601. The maximum atomic E-state index is 13.4. The van der Waals surface area contributed by atoms with Crippen LogP contribution in [-0.2, 0) is 10.0 Å². The first-order chi connectivity index (χ1) is 9.94. The molecule has 2 aromatic rings. The van der Waals surface area contributed by atoms with Gasteiger partial charge in [-0.15, -0.1) is 0 Å². The number of halogens is 2. The van der Waals surface area contributed by atoms with Gasteiger partial charge in [0.2, 0.25) is 0 Å². The second-order valence-corrected chi connectivity index (χ2v) is 6.17. The number of nitrogens with one attached hydrogen (secondary N) is 2. The van der Waals surface area contributed by atoms with Crippen LogP contribution in [0.4, 0.5) is 15.9 Å². The zero-order valence-corrected chi connectivity index (χ0v) is 12.7. The number of sulfonamides is 1. The molecule has 0 aliphatic heterocycles. The third kappa shape index (κ3) is 3.62. The van der Waals surface area contributed by atoms with Crippen molar-refractivity contribution in [2.24, 2.45) is 0 Å². The highest BCUT2D eigenvalue weighted by Gasteiger charge is 2.19. The normalized spacial score (nSPS) is 11.2. The van der Waals surface area contributed by atoms with Crippen LogP contribution in [0.3, 0.4) is 0 Å².